The Morgan fingerprint density at radius 2 is 1.86 bits per heavy atom. The summed E-state index contributed by atoms with van der Waals surface area (Å²) in [6.07, 6.45) is 1.74. The minimum Gasteiger partial charge on any atom is -0.497 e. The topological polar surface area (TPSA) is 95.1 Å². The molecule has 29 heavy (non-hydrogen) atoms. The van der Waals surface area contributed by atoms with Crippen molar-refractivity contribution in [2.75, 3.05) is 12.4 Å². The van der Waals surface area contributed by atoms with Crippen LogP contribution < -0.4 is 10.1 Å². The fraction of sp³-hybridized carbons (Fsp3) is 0.143. The van der Waals surface area contributed by atoms with Gasteiger partial charge in [-0.25, -0.2) is 4.98 Å². The lowest BCUT2D eigenvalue weighted by Crippen LogP contribution is -2.19. The second-order valence-electron chi connectivity index (χ2n) is 6.37. The summed E-state index contributed by atoms with van der Waals surface area (Å²) in [5.41, 5.74) is 2.08. The molecule has 0 unspecified atom stereocenters. The second-order valence-corrected chi connectivity index (χ2v) is 6.37. The third kappa shape index (κ3) is 4.16. The first kappa shape index (κ1) is 18.4. The van der Waals surface area contributed by atoms with Gasteiger partial charge in [0.1, 0.15) is 23.8 Å². The highest BCUT2D eigenvalue weighted by Crippen LogP contribution is 2.22. The summed E-state index contributed by atoms with van der Waals surface area (Å²) in [6, 6.07) is 16.7. The van der Waals surface area contributed by atoms with Crippen molar-refractivity contribution in [3.63, 3.8) is 0 Å². The highest BCUT2D eigenvalue weighted by molar-refractivity contribution is 5.90. The number of anilines is 1. The van der Waals surface area contributed by atoms with Gasteiger partial charge >= 0.3 is 0 Å². The summed E-state index contributed by atoms with van der Waals surface area (Å²) < 4.78 is 12.2. The number of aromatic nitrogens is 4. The van der Waals surface area contributed by atoms with Crippen LogP contribution in [-0.2, 0) is 11.3 Å². The molecule has 0 saturated heterocycles. The zero-order chi connectivity index (χ0) is 20.2. The average molecular weight is 389 g/mol. The summed E-state index contributed by atoms with van der Waals surface area (Å²) >= 11 is 0. The smallest absolute Gasteiger partial charge is 0.258 e. The van der Waals surface area contributed by atoms with E-state index in [1.165, 1.54) is 0 Å². The van der Waals surface area contributed by atoms with Gasteiger partial charge in [0.05, 0.1) is 7.11 Å². The monoisotopic (exact) mass is 389 g/mol. The summed E-state index contributed by atoms with van der Waals surface area (Å²) in [5, 5.41) is 6.86. The third-order valence-electron chi connectivity index (χ3n) is 4.34. The third-order valence-corrected chi connectivity index (χ3v) is 4.34. The standard InChI is InChI=1S/C21H19N5O3/c1-14-22-18(20-24-21(29-25-20)15-6-4-3-5-7-15)12-26(14)13-19(27)23-16-8-10-17(28-2)11-9-16/h3-12H,13H2,1-2H3,(H,23,27). The molecule has 0 atom stereocenters. The number of imidazole rings is 1. The quantitative estimate of drug-likeness (QED) is 0.542. The van der Waals surface area contributed by atoms with Crippen LogP contribution in [-0.4, -0.2) is 32.7 Å². The van der Waals surface area contributed by atoms with Crippen LogP contribution in [0.15, 0.2) is 65.3 Å². The minimum absolute atomic E-state index is 0.119. The largest absolute Gasteiger partial charge is 0.497 e. The molecule has 2 heterocycles. The molecule has 0 spiro atoms. The maximum Gasteiger partial charge on any atom is 0.258 e. The highest BCUT2D eigenvalue weighted by Gasteiger charge is 2.15. The van der Waals surface area contributed by atoms with Crippen molar-refractivity contribution in [3.05, 3.63) is 66.6 Å². The Bertz CT molecular complexity index is 1120. The Hall–Kier alpha value is -3.94. The number of nitrogens with one attached hydrogen (secondary N) is 1. The summed E-state index contributed by atoms with van der Waals surface area (Å²) in [5.74, 6) is 2.04. The van der Waals surface area contributed by atoms with Gasteiger partial charge in [0, 0.05) is 17.4 Å². The molecular formula is C21H19N5O3. The van der Waals surface area contributed by atoms with Crippen molar-refractivity contribution in [1.82, 2.24) is 19.7 Å². The van der Waals surface area contributed by atoms with E-state index >= 15 is 0 Å². The molecular weight excluding hydrogens is 370 g/mol. The van der Waals surface area contributed by atoms with E-state index in [1.807, 2.05) is 37.3 Å². The van der Waals surface area contributed by atoms with Gasteiger partial charge in [-0.1, -0.05) is 23.4 Å². The molecule has 0 aliphatic carbocycles. The van der Waals surface area contributed by atoms with E-state index in [1.54, 1.807) is 42.1 Å². The number of carbonyl (C=O) groups excluding carboxylic acids is 1. The molecule has 0 aliphatic heterocycles. The number of amides is 1. The molecule has 4 rings (SSSR count). The molecule has 8 heteroatoms. The van der Waals surface area contributed by atoms with Crippen LogP contribution in [0, 0.1) is 6.92 Å². The van der Waals surface area contributed by atoms with Gasteiger partial charge in [-0.05, 0) is 43.3 Å². The number of hydrogen-bond donors (Lipinski definition) is 1. The summed E-state index contributed by atoms with van der Waals surface area (Å²) in [6.45, 7) is 1.94. The Morgan fingerprint density at radius 1 is 1.10 bits per heavy atom. The van der Waals surface area contributed by atoms with E-state index < -0.39 is 0 Å². The lowest BCUT2D eigenvalue weighted by molar-refractivity contribution is -0.116. The predicted molar refractivity (Wildman–Crippen MR) is 107 cm³/mol. The number of carbonyl (C=O) groups is 1. The van der Waals surface area contributed by atoms with E-state index in [0.717, 1.165) is 11.3 Å². The van der Waals surface area contributed by atoms with Crippen molar-refractivity contribution < 1.29 is 14.1 Å². The maximum atomic E-state index is 12.4. The Labute approximate surface area is 167 Å². The number of ether oxygens (including phenoxy) is 1. The number of aryl methyl sites for hydroxylation is 1. The van der Waals surface area contributed by atoms with Crippen molar-refractivity contribution in [2.24, 2.45) is 0 Å². The lowest BCUT2D eigenvalue weighted by atomic mass is 10.2. The Balaban J connectivity index is 1.46. The van der Waals surface area contributed by atoms with Gasteiger partial charge in [-0.15, -0.1) is 0 Å². The molecule has 146 valence electrons. The zero-order valence-electron chi connectivity index (χ0n) is 16.0. The molecule has 1 amide bonds. The van der Waals surface area contributed by atoms with Gasteiger partial charge in [-0.3, -0.25) is 4.79 Å². The number of rotatable bonds is 6. The fourth-order valence-electron chi connectivity index (χ4n) is 2.83. The number of benzene rings is 2. The molecule has 0 radical (unpaired) electrons. The van der Waals surface area contributed by atoms with Gasteiger partial charge < -0.3 is 19.1 Å². The lowest BCUT2D eigenvalue weighted by Gasteiger charge is -2.07. The SMILES string of the molecule is COc1ccc(NC(=O)Cn2cc(-c3noc(-c4ccccc4)n3)nc2C)cc1. The average Bonchev–Trinajstić information content (AvgIpc) is 3.37. The van der Waals surface area contributed by atoms with E-state index in [2.05, 4.69) is 20.4 Å². The van der Waals surface area contributed by atoms with Crippen LogP contribution in [0.1, 0.15) is 5.82 Å². The van der Waals surface area contributed by atoms with Gasteiger partial charge in [0.2, 0.25) is 11.7 Å². The molecule has 8 nitrogen and oxygen atoms in total. The maximum absolute atomic E-state index is 12.4. The van der Waals surface area contributed by atoms with Crippen molar-refractivity contribution in [1.29, 1.82) is 0 Å². The normalized spacial score (nSPS) is 10.7. The Morgan fingerprint density at radius 3 is 2.59 bits per heavy atom. The number of methoxy groups -OCH3 is 1. The van der Waals surface area contributed by atoms with Crippen molar-refractivity contribution in [3.8, 4) is 28.7 Å². The van der Waals surface area contributed by atoms with Crippen molar-refractivity contribution in [2.45, 2.75) is 13.5 Å². The van der Waals surface area contributed by atoms with Crippen LogP contribution in [0.2, 0.25) is 0 Å². The van der Waals surface area contributed by atoms with Crippen LogP contribution in [0.3, 0.4) is 0 Å². The Kier molecular flexibility index (Phi) is 5.07. The van der Waals surface area contributed by atoms with Crippen LogP contribution in [0.4, 0.5) is 5.69 Å². The first-order valence-corrected chi connectivity index (χ1v) is 8.99. The molecule has 0 saturated carbocycles. The number of hydrogen-bond acceptors (Lipinski definition) is 6. The van der Waals surface area contributed by atoms with Crippen LogP contribution in [0.5, 0.6) is 5.75 Å². The van der Waals surface area contributed by atoms with Crippen LogP contribution in [0.25, 0.3) is 23.0 Å². The van der Waals surface area contributed by atoms with Gasteiger partial charge in [-0.2, -0.15) is 4.98 Å². The van der Waals surface area contributed by atoms with E-state index in [0.29, 0.717) is 28.9 Å². The first-order chi connectivity index (χ1) is 14.1. The van der Waals surface area contributed by atoms with Crippen LogP contribution >= 0.6 is 0 Å². The molecule has 0 aliphatic rings. The van der Waals surface area contributed by atoms with E-state index in [-0.39, 0.29) is 12.5 Å². The van der Waals surface area contributed by atoms with Gasteiger partial charge in [0.25, 0.3) is 5.89 Å². The van der Waals surface area contributed by atoms with E-state index in [4.69, 9.17) is 9.26 Å². The molecule has 1 N–H and O–H groups in total. The molecule has 4 aromatic rings. The second kappa shape index (κ2) is 7.97. The molecule has 0 fully saturated rings. The molecule has 2 aromatic heterocycles. The first-order valence-electron chi connectivity index (χ1n) is 8.99. The molecule has 0 bridgehead atoms. The molecule has 2 aromatic carbocycles. The van der Waals surface area contributed by atoms with Crippen molar-refractivity contribution >= 4 is 11.6 Å². The van der Waals surface area contributed by atoms with E-state index in [9.17, 15) is 4.79 Å². The fourth-order valence-corrected chi connectivity index (χ4v) is 2.83. The number of nitrogens with zero attached hydrogens (tertiary/aromatic N) is 4. The minimum atomic E-state index is -0.166. The zero-order valence-corrected chi connectivity index (χ0v) is 16.0. The predicted octanol–water partition coefficient (Wildman–Crippen LogP) is 3.56. The highest BCUT2D eigenvalue weighted by atomic mass is 16.5. The summed E-state index contributed by atoms with van der Waals surface area (Å²) in [4.78, 5) is 21.2. The van der Waals surface area contributed by atoms with Gasteiger partial charge in [0.15, 0.2) is 0 Å². The summed E-state index contributed by atoms with van der Waals surface area (Å²) in [7, 11) is 1.60.